The summed E-state index contributed by atoms with van der Waals surface area (Å²) in [4.78, 5) is 11.9. The number of carbonyl (C=O) groups is 1. The summed E-state index contributed by atoms with van der Waals surface area (Å²) >= 11 is 8.66. The van der Waals surface area contributed by atoms with E-state index in [0.717, 1.165) is 40.4 Å². The van der Waals surface area contributed by atoms with Crippen LogP contribution in [-0.2, 0) is 16.6 Å². The number of halogens is 5. The lowest BCUT2D eigenvalue weighted by molar-refractivity contribution is -0.140. The number of carbonyl (C=O) groups excluding carboxylic acids is 1. The molecule has 3 atom stereocenters. The van der Waals surface area contributed by atoms with Gasteiger partial charge in [0.25, 0.3) is 0 Å². The second kappa shape index (κ2) is 9.64. The smallest absolute Gasteiger partial charge is 0.369 e. The summed E-state index contributed by atoms with van der Waals surface area (Å²) in [6, 6.07) is 11.5. The van der Waals surface area contributed by atoms with E-state index in [1.807, 2.05) is 31.2 Å². The number of nitrogens with one attached hydrogen (secondary N) is 2. The maximum Gasteiger partial charge on any atom is 0.416 e. The van der Waals surface area contributed by atoms with Gasteiger partial charge in [-0.1, -0.05) is 52.3 Å². The van der Waals surface area contributed by atoms with Crippen molar-refractivity contribution < 1.29 is 22.4 Å². The Balaban J connectivity index is 1.89. The van der Waals surface area contributed by atoms with Gasteiger partial charge >= 0.3 is 6.18 Å². The number of benzene rings is 2. The van der Waals surface area contributed by atoms with E-state index in [1.54, 1.807) is 0 Å². The molecule has 33 heavy (non-hydrogen) atoms. The lowest BCUT2D eigenvalue weighted by atomic mass is 9.77. The van der Waals surface area contributed by atoms with E-state index in [0.29, 0.717) is 0 Å². The summed E-state index contributed by atoms with van der Waals surface area (Å²) in [6.45, 7) is 1.87. The standard InChI is InChI=1S/C23H20BrF4N3OS/c1-13(14-6-8-15(24)9-7-14)30-21(33)31-16-10-11-19(20(29)32)22(25,12-16)17-4-2-3-5-18(17)23(26,27)28/h2-13,19H,1H3,(H2,29,32)(H2,30,31,33). The van der Waals surface area contributed by atoms with Gasteiger partial charge in [-0.25, -0.2) is 4.39 Å². The highest BCUT2D eigenvalue weighted by Gasteiger charge is 2.48. The molecule has 10 heteroatoms. The minimum atomic E-state index is -4.82. The van der Waals surface area contributed by atoms with E-state index in [1.165, 1.54) is 12.1 Å². The maximum atomic E-state index is 16.2. The summed E-state index contributed by atoms with van der Waals surface area (Å²) in [7, 11) is 0. The Hall–Kier alpha value is -2.72. The van der Waals surface area contributed by atoms with Crippen LogP contribution in [0, 0.1) is 5.92 Å². The Morgan fingerprint density at radius 1 is 1.18 bits per heavy atom. The number of allylic oxidation sites excluding steroid dienone is 2. The van der Waals surface area contributed by atoms with Gasteiger partial charge in [-0.15, -0.1) is 0 Å². The fraction of sp³-hybridized carbons (Fsp3) is 0.217. The molecule has 3 unspecified atom stereocenters. The first-order valence-electron chi connectivity index (χ1n) is 9.81. The van der Waals surface area contributed by atoms with E-state index in [2.05, 4.69) is 26.6 Å². The van der Waals surface area contributed by atoms with Gasteiger partial charge in [0, 0.05) is 15.7 Å². The van der Waals surface area contributed by atoms with E-state index in [9.17, 15) is 18.0 Å². The molecule has 0 bridgehead atoms. The first-order chi connectivity index (χ1) is 15.4. The predicted octanol–water partition coefficient (Wildman–Crippen LogP) is 5.41. The predicted molar refractivity (Wildman–Crippen MR) is 126 cm³/mol. The van der Waals surface area contributed by atoms with Gasteiger partial charge in [0.15, 0.2) is 10.8 Å². The van der Waals surface area contributed by atoms with Crippen LogP contribution in [0.15, 0.2) is 76.9 Å². The minimum Gasteiger partial charge on any atom is -0.369 e. The molecule has 0 saturated heterocycles. The average Bonchev–Trinajstić information content (AvgIpc) is 2.73. The lowest BCUT2D eigenvalue weighted by Crippen LogP contribution is -2.42. The van der Waals surface area contributed by atoms with E-state index < -0.39 is 34.8 Å². The molecule has 0 spiro atoms. The lowest BCUT2D eigenvalue weighted by Gasteiger charge is -2.33. The molecule has 1 aliphatic rings. The third-order valence-electron chi connectivity index (χ3n) is 5.21. The van der Waals surface area contributed by atoms with Crippen molar-refractivity contribution in [1.82, 2.24) is 10.6 Å². The Morgan fingerprint density at radius 2 is 1.82 bits per heavy atom. The van der Waals surface area contributed by atoms with Crippen molar-refractivity contribution in [3.8, 4) is 0 Å². The molecule has 174 valence electrons. The molecule has 1 aliphatic carbocycles. The van der Waals surface area contributed by atoms with Gasteiger partial charge < -0.3 is 16.4 Å². The van der Waals surface area contributed by atoms with Gasteiger partial charge in [0.1, 0.15) is 0 Å². The Labute approximate surface area is 202 Å². The molecule has 4 nitrogen and oxygen atoms in total. The summed E-state index contributed by atoms with van der Waals surface area (Å²) in [5, 5.41) is 5.95. The molecular formula is C23H20BrF4N3OS. The zero-order chi connectivity index (χ0) is 24.4. The maximum absolute atomic E-state index is 16.2. The first kappa shape index (κ1) is 24.9. The third-order valence-corrected chi connectivity index (χ3v) is 5.96. The van der Waals surface area contributed by atoms with Crippen LogP contribution in [0.4, 0.5) is 17.6 Å². The largest absolute Gasteiger partial charge is 0.416 e. The third kappa shape index (κ3) is 5.62. The molecule has 2 aromatic rings. The number of primary amides is 1. The highest BCUT2D eigenvalue weighted by Crippen LogP contribution is 2.45. The van der Waals surface area contributed by atoms with Crippen LogP contribution < -0.4 is 16.4 Å². The van der Waals surface area contributed by atoms with Crippen LogP contribution in [-0.4, -0.2) is 11.0 Å². The molecule has 0 heterocycles. The topological polar surface area (TPSA) is 67.2 Å². The molecule has 0 saturated carbocycles. The van der Waals surface area contributed by atoms with Crippen molar-refractivity contribution in [2.45, 2.75) is 24.8 Å². The normalized spacial score (nSPS) is 21.2. The van der Waals surface area contributed by atoms with E-state index in [4.69, 9.17) is 18.0 Å². The molecule has 1 amide bonds. The van der Waals surface area contributed by atoms with E-state index in [-0.39, 0.29) is 16.9 Å². The number of alkyl halides is 4. The van der Waals surface area contributed by atoms with Crippen LogP contribution in [0.25, 0.3) is 0 Å². The number of thiocarbonyl (C=S) groups is 1. The van der Waals surface area contributed by atoms with Gasteiger partial charge in [0.05, 0.1) is 17.5 Å². The molecule has 3 rings (SSSR count). The number of nitrogens with two attached hydrogens (primary N) is 1. The van der Waals surface area contributed by atoms with Crippen molar-refractivity contribution in [2.75, 3.05) is 0 Å². The SMILES string of the molecule is CC(NC(=S)NC1=CC(F)(c2ccccc2C(F)(F)F)C(C(N)=O)C=C1)c1ccc(Br)cc1. The fourth-order valence-electron chi connectivity index (χ4n) is 3.59. The Bertz CT molecular complexity index is 1120. The molecule has 0 aromatic heterocycles. The summed E-state index contributed by atoms with van der Waals surface area (Å²) < 4.78 is 57.9. The van der Waals surface area contributed by atoms with Crippen LogP contribution in [0.3, 0.4) is 0 Å². The monoisotopic (exact) mass is 541 g/mol. The molecule has 2 aromatic carbocycles. The van der Waals surface area contributed by atoms with Crippen LogP contribution in [0.1, 0.15) is 29.7 Å². The quantitative estimate of drug-likeness (QED) is 0.349. The minimum absolute atomic E-state index is 0.0903. The molecule has 0 fully saturated rings. The molecular weight excluding hydrogens is 522 g/mol. The second-order valence-electron chi connectivity index (χ2n) is 7.52. The molecule has 0 aliphatic heterocycles. The molecule has 0 radical (unpaired) electrons. The second-order valence-corrected chi connectivity index (χ2v) is 8.85. The van der Waals surface area contributed by atoms with Gasteiger partial charge in [-0.3, -0.25) is 4.79 Å². The number of amides is 1. The van der Waals surface area contributed by atoms with Crippen LogP contribution in [0.2, 0.25) is 0 Å². The zero-order valence-corrected chi connectivity index (χ0v) is 19.7. The number of hydrogen-bond acceptors (Lipinski definition) is 2. The highest BCUT2D eigenvalue weighted by atomic mass is 79.9. The van der Waals surface area contributed by atoms with Crippen molar-refractivity contribution in [3.05, 3.63) is 93.6 Å². The Morgan fingerprint density at radius 3 is 2.42 bits per heavy atom. The Kier molecular flexibility index (Phi) is 7.28. The number of hydrogen-bond donors (Lipinski definition) is 3. The van der Waals surface area contributed by atoms with Crippen molar-refractivity contribution in [3.63, 3.8) is 0 Å². The van der Waals surface area contributed by atoms with Gasteiger partial charge in [-0.2, -0.15) is 13.2 Å². The van der Waals surface area contributed by atoms with Crippen molar-refractivity contribution in [1.29, 1.82) is 0 Å². The number of rotatable bonds is 5. The summed E-state index contributed by atoms with van der Waals surface area (Å²) in [5.41, 5.74) is 1.63. The highest BCUT2D eigenvalue weighted by molar-refractivity contribution is 9.10. The van der Waals surface area contributed by atoms with Gasteiger partial charge in [-0.05, 0) is 55.1 Å². The first-order valence-corrected chi connectivity index (χ1v) is 11.0. The zero-order valence-electron chi connectivity index (χ0n) is 17.3. The fourth-order valence-corrected chi connectivity index (χ4v) is 4.15. The van der Waals surface area contributed by atoms with Gasteiger partial charge in [0.2, 0.25) is 5.91 Å². The van der Waals surface area contributed by atoms with E-state index >= 15 is 4.39 Å². The van der Waals surface area contributed by atoms with Crippen molar-refractivity contribution >= 4 is 39.2 Å². The summed E-state index contributed by atoms with van der Waals surface area (Å²) in [5.74, 6) is -2.72. The average molecular weight is 542 g/mol. The molecule has 4 N–H and O–H groups in total. The van der Waals surface area contributed by atoms with Crippen LogP contribution >= 0.6 is 28.1 Å². The van der Waals surface area contributed by atoms with Crippen molar-refractivity contribution in [2.24, 2.45) is 11.7 Å². The summed E-state index contributed by atoms with van der Waals surface area (Å²) in [6.07, 6.45) is -1.41. The van der Waals surface area contributed by atoms with Crippen LogP contribution in [0.5, 0.6) is 0 Å².